The van der Waals surface area contributed by atoms with Crippen molar-refractivity contribution in [3.05, 3.63) is 90.0 Å². The third kappa shape index (κ3) is 8.60. The summed E-state index contributed by atoms with van der Waals surface area (Å²) in [7, 11) is 0. The molecule has 0 heterocycles. The Balaban J connectivity index is 0.000000444. The van der Waals surface area contributed by atoms with Crippen LogP contribution in [0.1, 0.15) is 52.7 Å². The molecular weight excluding hydrogens is 443 g/mol. The molecule has 30 heavy (non-hydrogen) atoms. The summed E-state index contributed by atoms with van der Waals surface area (Å²) in [5, 5.41) is 0. The first kappa shape index (κ1) is 29.0. The van der Waals surface area contributed by atoms with Crippen LogP contribution in [-0.4, -0.2) is 3.81 Å². The topological polar surface area (TPSA) is 0 Å². The average molecular weight is 475 g/mol. The van der Waals surface area contributed by atoms with Gasteiger partial charge in [0, 0.05) is 0 Å². The van der Waals surface area contributed by atoms with Crippen LogP contribution in [0.2, 0.25) is 0 Å². The van der Waals surface area contributed by atoms with Gasteiger partial charge in [-0.3, -0.25) is 0 Å². The molecule has 0 aromatic heterocycles. The standard InChI is InChI=1S/C13H9.C9H18.C5H5.2ClH.Ti/c1-3-7-12-10(5-1)9-11-6-2-4-8-13(11)12;1-8(2,3)7-9(4,5)6;1-2-4-5-3-1;;;/h1-5,7-8H,9H2;1-6H3;1-5H;2*1H;/q-1;;-1;;;+2/p-2. The molecular formula is C27H32Cl2Ti-2. The molecule has 3 aromatic rings. The zero-order chi connectivity index (χ0) is 20.8. The van der Waals surface area contributed by atoms with Crippen LogP contribution in [-0.2, 0) is 26.4 Å². The Morgan fingerprint density at radius 1 is 0.800 bits per heavy atom. The van der Waals surface area contributed by atoms with Crippen molar-refractivity contribution in [1.29, 1.82) is 0 Å². The Hall–Kier alpha value is -1.05. The largest absolute Gasteiger partial charge is 1.00 e. The minimum absolute atomic E-state index is 0. The Kier molecular flexibility index (Phi) is 12.3. The summed E-state index contributed by atoms with van der Waals surface area (Å²) in [6.07, 6.45) is 1.05. The maximum absolute atomic E-state index is 3.30. The van der Waals surface area contributed by atoms with Crippen molar-refractivity contribution in [2.24, 2.45) is 10.8 Å². The smallest absolute Gasteiger partial charge is 0.0253 e. The van der Waals surface area contributed by atoms with E-state index < -0.39 is 0 Å². The van der Waals surface area contributed by atoms with Gasteiger partial charge in [-0.15, -0.1) is 5.56 Å². The number of halogens is 2. The van der Waals surface area contributed by atoms with Gasteiger partial charge in [-0.05, 0) is 6.42 Å². The van der Waals surface area contributed by atoms with Gasteiger partial charge in [-0.1, -0.05) is 35.4 Å². The first-order valence-electron chi connectivity index (χ1n) is 9.95. The predicted octanol–water partition coefficient (Wildman–Crippen LogP) is 1.27. The molecule has 0 nitrogen and oxygen atoms in total. The number of fused-ring (bicyclic) bond motifs is 3. The number of hydrogen-bond donors (Lipinski definition) is 0. The summed E-state index contributed by atoms with van der Waals surface area (Å²) in [5.74, 6) is 0. The number of hydrogen-bond acceptors (Lipinski definition) is 0. The third-order valence-corrected chi connectivity index (χ3v) is 7.01. The van der Waals surface area contributed by atoms with Crippen molar-refractivity contribution in [2.45, 2.75) is 48.0 Å². The van der Waals surface area contributed by atoms with Crippen molar-refractivity contribution >= 4 is 3.81 Å². The van der Waals surface area contributed by atoms with Crippen LogP contribution in [0.25, 0.3) is 11.1 Å². The zero-order valence-corrected chi connectivity index (χ0v) is 22.0. The second-order valence-electron chi connectivity index (χ2n) is 9.23. The summed E-state index contributed by atoms with van der Waals surface area (Å²) in [4.78, 5) is 0. The Morgan fingerprint density at radius 3 is 1.80 bits per heavy atom. The van der Waals surface area contributed by atoms with E-state index in [1.807, 2.05) is 36.4 Å². The van der Waals surface area contributed by atoms with Gasteiger partial charge in [0.15, 0.2) is 0 Å². The van der Waals surface area contributed by atoms with E-state index in [0.29, 0.717) is 10.8 Å². The van der Waals surface area contributed by atoms with Gasteiger partial charge in [0.1, 0.15) is 0 Å². The predicted molar refractivity (Wildman–Crippen MR) is 119 cm³/mol. The van der Waals surface area contributed by atoms with E-state index in [2.05, 4.69) is 104 Å². The Morgan fingerprint density at radius 2 is 1.33 bits per heavy atom. The van der Waals surface area contributed by atoms with E-state index in [0.717, 1.165) is 6.42 Å². The van der Waals surface area contributed by atoms with E-state index in [1.54, 1.807) is 3.81 Å². The molecule has 160 valence electrons. The Labute approximate surface area is 207 Å². The number of rotatable bonds is 0. The van der Waals surface area contributed by atoms with E-state index in [-0.39, 0.29) is 24.8 Å². The first-order chi connectivity index (χ1) is 13.1. The molecule has 0 fully saturated rings. The molecule has 0 saturated heterocycles. The minimum Gasteiger partial charge on any atom is -1.00 e. The molecule has 0 bridgehead atoms. The molecule has 0 unspecified atom stereocenters. The fourth-order valence-corrected chi connectivity index (χ4v) is 3.44. The van der Waals surface area contributed by atoms with Gasteiger partial charge in [0.25, 0.3) is 0 Å². The maximum Gasteiger partial charge on any atom is -0.0253 e. The van der Waals surface area contributed by atoms with Crippen molar-refractivity contribution in [2.75, 3.05) is 0 Å². The summed E-state index contributed by atoms with van der Waals surface area (Å²) in [6, 6.07) is 28.1. The molecule has 0 aliphatic heterocycles. The average Bonchev–Trinajstić information content (AvgIpc) is 3.31. The molecule has 0 spiro atoms. The van der Waals surface area contributed by atoms with Gasteiger partial charge in [-0.2, -0.15) is 48.0 Å². The second-order valence-corrected chi connectivity index (χ2v) is 10.0. The van der Waals surface area contributed by atoms with Gasteiger partial charge in [-0.25, -0.2) is 12.1 Å². The van der Waals surface area contributed by atoms with Crippen molar-refractivity contribution in [3.63, 3.8) is 0 Å². The van der Waals surface area contributed by atoms with Crippen LogP contribution in [0.5, 0.6) is 0 Å². The quantitative estimate of drug-likeness (QED) is 0.266. The molecule has 0 atom stereocenters. The van der Waals surface area contributed by atoms with E-state index in [4.69, 9.17) is 0 Å². The molecule has 1 aliphatic rings. The SMILES string of the molecule is CC(C)(C)[C](=[Ti+2])C(C)(C)C.[Cl-].[Cl-].[c-]1cccc2c1Cc1ccccc1-2.c1cc[cH-]c1. The van der Waals surface area contributed by atoms with Gasteiger partial charge >= 0.3 is 76.2 Å². The molecule has 0 radical (unpaired) electrons. The molecule has 0 amide bonds. The third-order valence-electron chi connectivity index (χ3n) is 4.67. The molecule has 0 saturated carbocycles. The van der Waals surface area contributed by atoms with Crippen LogP contribution in [0.4, 0.5) is 0 Å². The fourth-order valence-electron chi connectivity index (χ4n) is 3.44. The zero-order valence-electron chi connectivity index (χ0n) is 18.9. The van der Waals surface area contributed by atoms with Crippen molar-refractivity contribution in [3.8, 4) is 11.1 Å². The normalized spacial score (nSPS) is 11.2. The molecule has 1 aliphatic carbocycles. The minimum atomic E-state index is 0. The Bertz CT molecular complexity index is 805. The molecule has 4 rings (SSSR count). The summed E-state index contributed by atoms with van der Waals surface area (Å²) in [5.41, 5.74) is 6.23. The summed E-state index contributed by atoms with van der Waals surface area (Å²) < 4.78 is 1.57. The first-order valence-corrected chi connectivity index (χ1v) is 10.7. The van der Waals surface area contributed by atoms with Crippen LogP contribution in [0.3, 0.4) is 0 Å². The maximum atomic E-state index is 3.30. The van der Waals surface area contributed by atoms with Crippen LogP contribution in [0, 0.1) is 16.9 Å². The molecule has 3 aromatic carbocycles. The fraction of sp³-hybridized carbons (Fsp3) is 0.333. The van der Waals surface area contributed by atoms with Crippen LogP contribution >= 0.6 is 0 Å². The molecule has 0 N–H and O–H groups in total. The van der Waals surface area contributed by atoms with Gasteiger partial charge in [0.05, 0.1) is 0 Å². The molecule has 3 heteroatoms. The van der Waals surface area contributed by atoms with Crippen molar-refractivity contribution < 1.29 is 44.8 Å². The summed E-state index contributed by atoms with van der Waals surface area (Å²) in [6.45, 7) is 13.6. The van der Waals surface area contributed by atoms with Crippen molar-refractivity contribution in [1.82, 2.24) is 0 Å². The van der Waals surface area contributed by atoms with Crippen LogP contribution in [0.15, 0.2) is 72.8 Å². The van der Waals surface area contributed by atoms with Gasteiger partial charge in [0.2, 0.25) is 0 Å². The number of benzene rings is 2. The monoisotopic (exact) mass is 474 g/mol. The van der Waals surface area contributed by atoms with E-state index in [9.17, 15) is 0 Å². The second kappa shape index (κ2) is 12.7. The summed E-state index contributed by atoms with van der Waals surface area (Å²) >= 11 is 2.25. The van der Waals surface area contributed by atoms with Gasteiger partial charge < -0.3 is 24.8 Å². The van der Waals surface area contributed by atoms with Crippen LogP contribution < -0.4 is 24.8 Å². The van der Waals surface area contributed by atoms with E-state index >= 15 is 0 Å². The van der Waals surface area contributed by atoms with E-state index in [1.165, 1.54) is 22.3 Å².